The summed E-state index contributed by atoms with van der Waals surface area (Å²) in [4.78, 5) is 12.6. The van der Waals surface area contributed by atoms with Crippen molar-refractivity contribution in [3.63, 3.8) is 0 Å². The first-order chi connectivity index (χ1) is 7.79. The number of nitrogens with one attached hydrogen (secondary N) is 3. The van der Waals surface area contributed by atoms with Gasteiger partial charge in [-0.05, 0) is 0 Å². The van der Waals surface area contributed by atoms with E-state index < -0.39 is 5.97 Å². The fourth-order valence-electron chi connectivity index (χ4n) is 1.66. The van der Waals surface area contributed by atoms with Crippen LogP contribution < -0.4 is 16.0 Å². The summed E-state index contributed by atoms with van der Waals surface area (Å²) in [6.07, 6.45) is 0. The van der Waals surface area contributed by atoms with Gasteiger partial charge in [-0.25, -0.2) is 0 Å². The molecule has 1 aliphatic heterocycles. The van der Waals surface area contributed by atoms with Crippen LogP contribution in [0.2, 0.25) is 0 Å². The van der Waals surface area contributed by atoms with E-state index in [1.54, 1.807) is 0 Å². The molecule has 6 nitrogen and oxygen atoms in total. The van der Waals surface area contributed by atoms with Gasteiger partial charge < -0.3 is 21.1 Å². The van der Waals surface area contributed by atoms with Crippen molar-refractivity contribution in [2.45, 2.75) is 0 Å². The molecule has 4 N–H and O–H groups in total. The zero-order valence-electron chi connectivity index (χ0n) is 9.67. The van der Waals surface area contributed by atoms with Gasteiger partial charge in [0.05, 0.1) is 6.54 Å². The molecule has 0 saturated carbocycles. The SMILES string of the molecule is O=C(O)CN1CCNCCNCCNCC1. The van der Waals surface area contributed by atoms with E-state index in [9.17, 15) is 4.79 Å². The Morgan fingerprint density at radius 3 is 1.81 bits per heavy atom. The predicted octanol–water partition coefficient (Wildman–Crippen LogP) is -1.84. The number of carbonyl (C=O) groups is 1. The molecule has 94 valence electrons. The number of rotatable bonds is 2. The van der Waals surface area contributed by atoms with E-state index in [4.69, 9.17) is 5.11 Å². The number of aliphatic carboxylic acids is 1. The lowest BCUT2D eigenvalue weighted by Gasteiger charge is -2.21. The molecule has 1 fully saturated rings. The smallest absolute Gasteiger partial charge is 0.317 e. The van der Waals surface area contributed by atoms with Crippen molar-refractivity contribution in [1.82, 2.24) is 20.9 Å². The highest BCUT2D eigenvalue weighted by Crippen LogP contribution is 1.86. The summed E-state index contributed by atoms with van der Waals surface area (Å²) >= 11 is 0. The van der Waals surface area contributed by atoms with Gasteiger partial charge in [-0.3, -0.25) is 9.69 Å². The third kappa shape index (κ3) is 6.73. The van der Waals surface area contributed by atoms with Crippen LogP contribution in [-0.4, -0.2) is 74.9 Å². The first-order valence-corrected chi connectivity index (χ1v) is 5.85. The molecule has 0 aromatic rings. The first kappa shape index (κ1) is 13.4. The molecule has 0 amide bonds. The van der Waals surface area contributed by atoms with Gasteiger partial charge in [-0.2, -0.15) is 0 Å². The summed E-state index contributed by atoms with van der Waals surface area (Å²) < 4.78 is 0. The molecule has 0 aromatic carbocycles. The molecule has 16 heavy (non-hydrogen) atoms. The van der Waals surface area contributed by atoms with Crippen molar-refractivity contribution in [2.75, 3.05) is 58.9 Å². The molecule has 6 heteroatoms. The maximum absolute atomic E-state index is 10.6. The van der Waals surface area contributed by atoms with Gasteiger partial charge in [0, 0.05) is 52.4 Å². The lowest BCUT2D eigenvalue weighted by molar-refractivity contribution is -0.138. The molecule has 0 unspecified atom stereocenters. The summed E-state index contributed by atoms with van der Waals surface area (Å²) in [5.41, 5.74) is 0. The van der Waals surface area contributed by atoms with Gasteiger partial charge >= 0.3 is 5.97 Å². The highest BCUT2D eigenvalue weighted by molar-refractivity contribution is 5.69. The van der Waals surface area contributed by atoms with E-state index in [1.165, 1.54) is 0 Å². The Kier molecular flexibility index (Phi) is 7.07. The Labute approximate surface area is 96.4 Å². The minimum Gasteiger partial charge on any atom is -0.480 e. The average molecular weight is 230 g/mol. The van der Waals surface area contributed by atoms with Crippen molar-refractivity contribution in [3.05, 3.63) is 0 Å². The molecule has 0 radical (unpaired) electrons. The molecule has 0 bridgehead atoms. The number of carboxylic acids is 1. The summed E-state index contributed by atoms with van der Waals surface area (Å²) in [5, 5.41) is 18.7. The van der Waals surface area contributed by atoms with Gasteiger partial charge in [-0.1, -0.05) is 0 Å². The maximum Gasteiger partial charge on any atom is 0.317 e. The lowest BCUT2D eigenvalue weighted by Crippen LogP contribution is -2.43. The molecule has 0 aromatic heterocycles. The standard InChI is InChI=1S/C10H22N4O2/c15-10(16)9-14-7-5-12-3-1-11-2-4-13-6-8-14/h11-13H,1-9H2,(H,15,16). The van der Waals surface area contributed by atoms with E-state index in [2.05, 4.69) is 16.0 Å². The third-order valence-corrected chi connectivity index (χ3v) is 2.53. The van der Waals surface area contributed by atoms with Gasteiger partial charge in [-0.15, -0.1) is 0 Å². The predicted molar refractivity (Wildman–Crippen MR) is 62.7 cm³/mol. The molecule has 0 aliphatic carbocycles. The van der Waals surface area contributed by atoms with Crippen LogP contribution in [0.25, 0.3) is 0 Å². The fraction of sp³-hybridized carbons (Fsp3) is 0.900. The van der Waals surface area contributed by atoms with Crippen molar-refractivity contribution >= 4 is 5.97 Å². The average Bonchev–Trinajstić information content (AvgIpc) is 2.21. The Morgan fingerprint density at radius 2 is 1.38 bits per heavy atom. The molecule has 1 aliphatic rings. The largest absolute Gasteiger partial charge is 0.480 e. The van der Waals surface area contributed by atoms with Crippen molar-refractivity contribution < 1.29 is 9.90 Å². The van der Waals surface area contributed by atoms with Crippen LogP contribution in [0, 0.1) is 0 Å². The quantitative estimate of drug-likeness (QED) is 0.446. The molecule has 1 rings (SSSR count). The molecular weight excluding hydrogens is 208 g/mol. The Hall–Kier alpha value is -0.690. The number of nitrogens with zero attached hydrogens (tertiary/aromatic N) is 1. The van der Waals surface area contributed by atoms with Crippen molar-refractivity contribution in [3.8, 4) is 0 Å². The summed E-state index contributed by atoms with van der Waals surface area (Å²) in [7, 11) is 0. The summed E-state index contributed by atoms with van der Waals surface area (Å²) in [5.74, 6) is -0.756. The molecular formula is C10H22N4O2. The minimum absolute atomic E-state index is 0.127. The molecule has 0 spiro atoms. The summed E-state index contributed by atoms with van der Waals surface area (Å²) in [6, 6.07) is 0. The fourth-order valence-corrected chi connectivity index (χ4v) is 1.66. The van der Waals surface area contributed by atoms with Crippen LogP contribution in [0.1, 0.15) is 0 Å². The maximum atomic E-state index is 10.6. The zero-order valence-corrected chi connectivity index (χ0v) is 9.67. The van der Waals surface area contributed by atoms with Crippen LogP contribution in [0.15, 0.2) is 0 Å². The molecule has 0 atom stereocenters. The van der Waals surface area contributed by atoms with Crippen LogP contribution in [0.3, 0.4) is 0 Å². The van der Waals surface area contributed by atoms with Crippen LogP contribution in [0.4, 0.5) is 0 Å². The Bertz CT molecular complexity index is 189. The van der Waals surface area contributed by atoms with Crippen molar-refractivity contribution in [1.29, 1.82) is 0 Å². The van der Waals surface area contributed by atoms with Gasteiger partial charge in [0.2, 0.25) is 0 Å². The number of hydrogen-bond donors (Lipinski definition) is 4. The zero-order chi connectivity index (χ0) is 11.6. The number of hydrogen-bond acceptors (Lipinski definition) is 5. The van der Waals surface area contributed by atoms with E-state index >= 15 is 0 Å². The normalized spacial score (nSPS) is 22.0. The molecule has 1 heterocycles. The van der Waals surface area contributed by atoms with Crippen LogP contribution in [0.5, 0.6) is 0 Å². The Morgan fingerprint density at radius 1 is 0.938 bits per heavy atom. The summed E-state index contributed by atoms with van der Waals surface area (Å²) in [6.45, 7) is 7.16. The van der Waals surface area contributed by atoms with Gasteiger partial charge in [0.1, 0.15) is 0 Å². The monoisotopic (exact) mass is 230 g/mol. The minimum atomic E-state index is -0.756. The van der Waals surface area contributed by atoms with E-state index in [-0.39, 0.29) is 6.54 Å². The van der Waals surface area contributed by atoms with E-state index in [0.29, 0.717) is 0 Å². The van der Waals surface area contributed by atoms with Crippen LogP contribution >= 0.6 is 0 Å². The first-order valence-electron chi connectivity index (χ1n) is 5.85. The second kappa shape index (κ2) is 8.46. The Balaban J connectivity index is 2.27. The second-order valence-corrected chi connectivity index (χ2v) is 3.92. The highest BCUT2D eigenvalue weighted by atomic mass is 16.4. The third-order valence-electron chi connectivity index (χ3n) is 2.53. The van der Waals surface area contributed by atoms with E-state index in [0.717, 1.165) is 52.4 Å². The molecule has 1 saturated heterocycles. The van der Waals surface area contributed by atoms with Gasteiger partial charge in [0.25, 0.3) is 0 Å². The topological polar surface area (TPSA) is 76.6 Å². The van der Waals surface area contributed by atoms with E-state index in [1.807, 2.05) is 4.90 Å². The highest BCUT2D eigenvalue weighted by Gasteiger charge is 2.08. The van der Waals surface area contributed by atoms with Crippen molar-refractivity contribution in [2.24, 2.45) is 0 Å². The number of carboxylic acid groups (broad SMARTS) is 1. The van der Waals surface area contributed by atoms with Crippen LogP contribution in [-0.2, 0) is 4.79 Å². The van der Waals surface area contributed by atoms with Gasteiger partial charge in [0.15, 0.2) is 0 Å². The lowest BCUT2D eigenvalue weighted by atomic mass is 10.4. The second-order valence-electron chi connectivity index (χ2n) is 3.92.